The zero-order valence-corrected chi connectivity index (χ0v) is 11.4. The normalized spacial score (nSPS) is 13.1. The molecule has 1 heterocycles. The van der Waals surface area contributed by atoms with Crippen LogP contribution in [0.3, 0.4) is 0 Å². The Morgan fingerprint density at radius 1 is 1.33 bits per heavy atom. The number of fused-ring (bicyclic) bond motifs is 1. The third-order valence-corrected chi connectivity index (χ3v) is 3.37. The topological polar surface area (TPSA) is 26.2 Å². The number of aromatic nitrogens is 1. The van der Waals surface area contributed by atoms with Crippen molar-refractivity contribution >= 4 is 10.9 Å². The van der Waals surface area contributed by atoms with Crippen LogP contribution in [0.2, 0.25) is 0 Å². The van der Waals surface area contributed by atoms with Crippen molar-refractivity contribution < 1.29 is 4.74 Å². The van der Waals surface area contributed by atoms with Crippen LogP contribution >= 0.6 is 0 Å². The van der Waals surface area contributed by atoms with E-state index in [4.69, 9.17) is 4.74 Å². The Hall–Kier alpha value is -1.32. The molecule has 3 heteroatoms. The first-order valence-corrected chi connectivity index (χ1v) is 6.50. The summed E-state index contributed by atoms with van der Waals surface area (Å²) in [5.41, 5.74) is 2.70. The monoisotopic (exact) mass is 246 g/mol. The highest BCUT2D eigenvalue weighted by molar-refractivity contribution is 5.84. The van der Waals surface area contributed by atoms with Crippen molar-refractivity contribution in [1.29, 1.82) is 0 Å². The molecule has 0 amide bonds. The van der Waals surface area contributed by atoms with Crippen LogP contribution in [0.15, 0.2) is 30.5 Å². The minimum atomic E-state index is 0.234. The number of nitrogens with one attached hydrogen (secondary N) is 1. The van der Waals surface area contributed by atoms with Gasteiger partial charge >= 0.3 is 0 Å². The minimum Gasteiger partial charge on any atom is -0.380 e. The number of hydrogen-bond acceptors (Lipinski definition) is 2. The number of ether oxygens (including phenoxy) is 1. The Labute approximate surface area is 109 Å². The van der Waals surface area contributed by atoms with E-state index in [1.54, 1.807) is 7.11 Å². The molecule has 98 valence electrons. The molecule has 0 aliphatic carbocycles. The smallest absolute Gasteiger partial charge is 0.0722 e. The Morgan fingerprint density at radius 2 is 2.11 bits per heavy atom. The van der Waals surface area contributed by atoms with Crippen molar-refractivity contribution in [2.24, 2.45) is 0 Å². The second-order valence-electron chi connectivity index (χ2n) is 4.72. The summed E-state index contributed by atoms with van der Waals surface area (Å²) in [6.07, 6.45) is 3.56. The van der Waals surface area contributed by atoms with Gasteiger partial charge in [-0.25, -0.2) is 0 Å². The van der Waals surface area contributed by atoms with Crippen LogP contribution < -0.4 is 5.32 Å². The molecule has 2 rings (SSSR count). The fraction of sp³-hybridized carbons (Fsp3) is 0.467. The SMILES string of the molecule is CNCCc1cn(CC(C)OC)c2ccccc12. The second kappa shape index (κ2) is 6.03. The van der Waals surface area contributed by atoms with Crippen LogP contribution in [0, 0.1) is 0 Å². The van der Waals surface area contributed by atoms with E-state index in [2.05, 4.69) is 47.3 Å². The van der Waals surface area contributed by atoms with E-state index in [0.717, 1.165) is 19.5 Å². The van der Waals surface area contributed by atoms with Gasteiger partial charge in [-0.2, -0.15) is 0 Å². The lowest BCUT2D eigenvalue weighted by Gasteiger charge is -2.11. The van der Waals surface area contributed by atoms with E-state index in [0.29, 0.717) is 0 Å². The van der Waals surface area contributed by atoms with E-state index < -0.39 is 0 Å². The number of methoxy groups -OCH3 is 1. The number of likely N-dealkylation sites (N-methyl/N-ethyl adjacent to an activating group) is 1. The number of rotatable bonds is 6. The van der Waals surface area contributed by atoms with Gasteiger partial charge in [-0.3, -0.25) is 0 Å². The van der Waals surface area contributed by atoms with E-state index in [9.17, 15) is 0 Å². The third kappa shape index (κ3) is 2.74. The molecule has 0 saturated carbocycles. The summed E-state index contributed by atoms with van der Waals surface area (Å²) >= 11 is 0. The molecule has 1 atom stereocenters. The summed E-state index contributed by atoms with van der Waals surface area (Å²) < 4.78 is 7.66. The molecule has 3 nitrogen and oxygen atoms in total. The van der Waals surface area contributed by atoms with Crippen molar-refractivity contribution in [3.63, 3.8) is 0 Å². The lowest BCUT2D eigenvalue weighted by molar-refractivity contribution is 0.104. The molecular formula is C15H22N2O. The highest BCUT2D eigenvalue weighted by atomic mass is 16.5. The number of para-hydroxylation sites is 1. The maximum Gasteiger partial charge on any atom is 0.0722 e. The molecule has 0 radical (unpaired) electrons. The summed E-state index contributed by atoms with van der Waals surface area (Å²) in [5.74, 6) is 0. The van der Waals surface area contributed by atoms with Gasteiger partial charge in [-0.05, 0) is 38.6 Å². The van der Waals surface area contributed by atoms with Crippen LogP contribution in [-0.2, 0) is 17.7 Å². The van der Waals surface area contributed by atoms with Gasteiger partial charge in [-0.15, -0.1) is 0 Å². The Morgan fingerprint density at radius 3 is 2.83 bits per heavy atom. The van der Waals surface area contributed by atoms with Crippen molar-refractivity contribution in [2.75, 3.05) is 20.7 Å². The predicted octanol–water partition coefficient (Wildman–Crippen LogP) is 2.44. The zero-order chi connectivity index (χ0) is 13.0. The van der Waals surface area contributed by atoms with Crippen molar-refractivity contribution in [2.45, 2.75) is 26.0 Å². The summed E-state index contributed by atoms with van der Waals surface area (Å²) in [6, 6.07) is 8.59. The third-order valence-electron chi connectivity index (χ3n) is 3.37. The predicted molar refractivity (Wildman–Crippen MR) is 76.0 cm³/mol. The molecule has 2 aromatic rings. The average molecular weight is 246 g/mol. The lowest BCUT2D eigenvalue weighted by atomic mass is 10.1. The second-order valence-corrected chi connectivity index (χ2v) is 4.72. The number of benzene rings is 1. The van der Waals surface area contributed by atoms with Crippen LogP contribution in [0.1, 0.15) is 12.5 Å². The summed E-state index contributed by atoms with van der Waals surface area (Å²) in [6.45, 7) is 4.01. The van der Waals surface area contributed by atoms with Gasteiger partial charge in [-0.1, -0.05) is 18.2 Å². The minimum absolute atomic E-state index is 0.234. The first kappa shape index (κ1) is 13.1. The standard InChI is InChI=1S/C15H22N2O/c1-12(18-3)10-17-11-13(8-9-16-2)14-6-4-5-7-15(14)17/h4-7,11-12,16H,8-10H2,1-3H3. The van der Waals surface area contributed by atoms with Crippen molar-refractivity contribution in [3.8, 4) is 0 Å². The van der Waals surface area contributed by atoms with Gasteiger partial charge in [0.1, 0.15) is 0 Å². The molecular weight excluding hydrogens is 224 g/mol. The zero-order valence-electron chi connectivity index (χ0n) is 11.4. The van der Waals surface area contributed by atoms with Crippen molar-refractivity contribution in [3.05, 3.63) is 36.0 Å². The van der Waals surface area contributed by atoms with Crippen LogP contribution in [0.5, 0.6) is 0 Å². The van der Waals surface area contributed by atoms with E-state index in [-0.39, 0.29) is 6.10 Å². The molecule has 0 aliphatic rings. The van der Waals surface area contributed by atoms with Crippen LogP contribution in [-0.4, -0.2) is 31.4 Å². The highest BCUT2D eigenvalue weighted by Crippen LogP contribution is 2.22. The average Bonchev–Trinajstić information content (AvgIpc) is 2.75. The lowest BCUT2D eigenvalue weighted by Crippen LogP contribution is -2.14. The Bertz CT molecular complexity index is 504. The first-order chi connectivity index (χ1) is 8.76. The Balaban J connectivity index is 2.34. The molecule has 1 aromatic carbocycles. The van der Waals surface area contributed by atoms with Crippen LogP contribution in [0.4, 0.5) is 0 Å². The summed E-state index contributed by atoms with van der Waals surface area (Å²) in [7, 11) is 3.75. The van der Waals surface area contributed by atoms with E-state index >= 15 is 0 Å². The molecule has 1 unspecified atom stereocenters. The molecule has 0 spiro atoms. The van der Waals surface area contributed by atoms with E-state index in [1.165, 1.54) is 16.5 Å². The fourth-order valence-corrected chi connectivity index (χ4v) is 2.28. The van der Waals surface area contributed by atoms with Gasteiger partial charge in [0.2, 0.25) is 0 Å². The quantitative estimate of drug-likeness (QED) is 0.847. The maximum atomic E-state index is 5.36. The first-order valence-electron chi connectivity index (χ1n) is 6.50. The Kier molecular flexibility index (Phi) is 4.39. The molecule has 0 saturated heterocycles. The summed E-state index contributed by atoms with van der Waals surface area (Å²) in [5, 5.41) is 4.57. The molecule has 1 aromatic heterocycles. The van der Waals surface area contributed by atoms with Gasteiger partial charge in [0.05, 0.1) is 6.10 Å². The molecule has 0 bridgehead atoms. The largest absolute Gasteiger partial charge is 0.380 e. The van der Waals surface area contributed by atoms with Gasteiger partial charge in [0.25, 0.3) is 0 Å². The van der Waals surface area contributed by atoms with Crippen molar-refractivity contribution in [1.82, 2.24) is 9.88 Å². The van der Waals surface area contributed by atoms with Gasteiger partial charge in [0.15, 0.2) is 0 Å². The fourth-order valence-electron chi connectivity index (χ4n) is 2.28. The molecule has 18 heavy (non-hydrogen) atoms. The maximum absolute atomic E-state index is 5.36. The summed E-state index contributed by atoms with van der Waals surface area (Å²) in [4.78, 5) is 0. The number of nitrogens with zero attached hydrogens (tertiary/aromatic N) is 1. The van der Waals surface area contributed by atoms with E-state index in [1.807, 2.05) is 7.05 Å². The van der Waals surface area contributed by atoms with Gasteiger partial charge in [0, 0.05) is 30.8 Å². The van der Waals surface area contributed by atoms with Crippen LogP contribution in [0.25, 0.3) is 10.9 Å². The molecule has 0 aliphatic heterocycles. The number of hydrogen-bond donors (Lipinski definition) is 1. The highest BCUT2D eigenvalue weighted by Gasteiger charge is 2.09. The molecule has 1 N–H and O–H groups in total. The molecule has 0 fully saturated rings. The van der Waals surface area contributed by atoms with Gasteiger partial charge < -0.3 is 14.6 Å².